The minimum atomic E-state index is -2.70. The maximum absolute atomic E-state index is 15.6. The largest absolute Gasteiger partial charge is 0.381 e. The molecule has 2 saturated heterocycles. The molecule has 1 aliphatic carbocycles. The molecule has 16 nitrogen and oxygen atoms in total. The van der Waals surface area contributed by atoms with Crippen molar-refractivity contribution >= 4 is 40.8 Å². The van der Waals surface area contributed by atoms with Crippen LogP contribution in [-0.4, -0.2) is 111 Å². The van der Waals surface area contributed by atoms with Gasteiger partial charge in [-0.05, 0) is 130 Å². The second kappa shape index (κ2) is 16.7. The molecule has 7 heterocycles. The summed E-state index contributed by atoms with van der Waals surface area (Å²) in [4.78, 5) is 44.4. The highest BCUT2D eigenvalue weighted by atomic mass is 31.2. The van der Waals surface area contributed by atoms with Crippen LogP contribution in [0.5, 0.6) is 0 Å². The van der Waals surface area contributed by atoms with E-state index in [0.29, 0.717) is 110 Å². The first-order valence-electron chi connectivity index (χ1n) is 23.6. The minimum Gasteiger partial charge on any atom is -0.381 e. The number of aliphatic imine (C=N–C) groups is 1. The number of halogens is 1. The topological polar surface area (TPSA) is 163 Å². The van der Waals surface area contributed by atoms with E-state index < -0.39 is 25.1 Å². The van der Waals surface area contributed by atoms with Gasteiger partial charge in [0.25, 0.3) is 12.3 Å². The lowest BCUT2D eigenvalue weighted by Crippen LogP contribution is -2.43. The first kappa shape index (κ1) is 44.7. The minimum absolute atomic E-state index is 0.0586. The van der Waals surface area contributed by atoms with Gasteiger partial charge in [-0.3, -0.25) is 13.9 Å². The molecular weight excluding hydrogens is 889 g/mol. The van der Waals surface area contributed by atoms with Crippen LogP contribution in [-0.2, 0) is 30.8 Å². The van der Waals surface area contributed by atoms with Crippen molar-refractivity contribution in [3.63, 3.8) is 0 Å². The first-order valence-corrected chi connectivity index (χ1v) is 26.2. The number of carbonyl (C=O) groups is 1. The number of hydroxylamine groups is 1. The van der Waals surface area contributed by atoms with Crippen LogP contribution in [0.1, 0.15) is 83.5 Å². The second-order valence-electron chi connectivity index (χ2n) is 19.5. The number of imidazole rings is 1. The fourth-order valence-electron chi connectivity index (χ4n) is 11.2. The van der Waals surface area contributed by atoms with Crippen molar-refractivity contribution in [1.29, 1.82) is 0 Å². The Morgan fingerprint density at radius 3 is 2.29 bits per heavy atom. The summed E-state index contributed by atoms with van der Waals surface area (Å²) in [5.41, 5.74) is 8.54. The average molecular weight is 946 g/mol. The second-order valence-corrected chi connectivity index (χ2v) is 22.7. The Morgan fingerprint density at radius 2 is 1.62 bits per heavy atom. The molecule has 3 aromatic carbocycles. The number of ether oxygens (including phenoxy) is 2. The van der Waals surface area contributed by atoms with E-state index in [-0.39, 0.29) is 23.3 Å². The van der Waals surface area contributed by atoms with Gasteiger partial charge in [-0.15, -0.1) is 0 Å². The molecule has 0 bridgehead atoms. The SMILES string of the molecule is Cc1cc(-n2nc3c(c2-n2ccn(-c4ccc(P(C)(C)=O)c(N5CCOCC5)c4)c2=O)[C@H](C)N(C(=O)c2cc4cc(C5CCOCC5)ccc4n2[C@@]2(C4=NC(O)ON4)C[C@@H]2C)CC3)cc(C)c1F. The summed E-state index contributed by atoms with van der Waals surface area (Å²) in [6, 6.07) is 16.9. The molecule has 1 unspecified atom stereocenters. The summed E-state index contributed by atoms with van der Waals surface area (Å²) < 4.78 is 47.0. The van der Waals surface area contributed by atoms with Crippen LogP contribution in [0.15, 0.2) is 76.8 Å². The molecule has 5 aliphatic rings. The Labute approximate surface area is 393 Å². The zero-order chi connectivity index (χ0) is 47.4. The summed E-state index contributed by atoms with van der Waals surface area (Å²) in [7, 11) is -2.70. The van der Waals surface area contributed by atoms with E-state index in [2.05, 4.69) is 45.1 Å². The standard InChI is InChI=1S/C50H57FN9O7P/c1-29-23-37(24-30(2)44(29)51)60-45(58-16-15-57(49(58)63)36-8-10-42(68(5,6)64)40(27-36)55-17-21-66-22-18-55)43-32(4)56(14-11-38(43)53-60)46(61)41-26-35-25-34(33-12-19-65-20-13-33)7-9-39(35)59(41)50(28-31(50)3)47-52-48(62)67-54-47/h7-10,15-16,23-27,31-33,48,62H,11-14,17-22,28H2,1-6H3,(H,52,54)/t31-,32-,48?,50-/m0/s1. The Morgan fingerprint density at radius 1 is 0.912 bits per heavy atom. The molecule has 4 aliphatic heterocycles. The molecule has 1 amide bonds. The van der Waals surface area contributed by atoms with E-state index in [9.17, 15) is 9.67 Å². The van der Waals surface area contributed by atoms with Crippen molar-refractivity contribution in [3.05, 3.63) is 117 Å². The van der Waals surface area contributed by atoms with Crippen molar-refractivity contribution in [2.24, 2.45) is 10.9 Å². The van der Waals surface area contributed by atoms with Crippen LogP contribution in [0.4, 0.5) is 10.1 Å². The van der Waals surface area contributed by atoms with Gasteiger partial charge in [-0.2, -0.15) is 5.10 Å². The van der Waals surface area contributed by atoms with E-state index >= 15 is 14.0 Å². The molecule has 68 heavy (non-hydrogen) atoms. The summed E-state index contributed by atoms with van der Waals surface area (Å²) in [6.07, 6.45) is 4.95. The van der Waals surface area contributed by atoms with Crippen LogP contribution in [0.25, 0.3) is 28.1 Å². The van der Waals surface area contributed by atoms with Crippen LogP contribution in [0.3, 0.4) is 0 Å². The summed E-state index contributed by atoms with van der Waals surface area (Å²) in [5.74, 6) is 0.788. The number of amidine groups is 1. The Bertz CT molecular complexity index is 3130. The molecule has 6 aromatic rings. The molecule has 1 saturated carbocycles. The van der Waals surface area contributed by atoms with Gasteiger partial charge in [-0.1, -0.05) is 13.0 Å². The van der Waals surface area contributed by atoms with E-state index in [0.717, 1.165) is 40.4 Å². The summed E-state index contributed by atoms with van der Waals surface area (Å²) in [5, 5.41) is 17.2. The number of aryl methyl sites for hydroxylation is 2. The number of hydrogen-bond acceptors (Lipinski definition) is 11. The van der Waals surface area contributed by atoms with E-state index in [4.69, 9.17) is 19.4 Å². The molecule has 2 N–H and O–H groups in total. The molecule has 0 spiro atoms. The number of hydrogen-bond donors (Lipinski definition) is 2. The lowest BCUT2D eigenvalue weighted by atomic mass is 9.91. The van der Waals surface area contributed by atoms with Crippen molar-refractivity contribution in [3.8, 4) is 17.2 Å². The fraction of sp³-hybridized carbons (Fsp3) is 0.440. The van der Waals surface area contributed by atoms with E-state index in [1.165, 1.54) is 5.56 Å². The van der Waals surface area contributed by atoms with Crippen molar-refractivity contribution < 1.29 is 33.2 Å². The number of morpholine rings is 1. The van der Waals surface area contributed by atoms with E-state index in [1.807, 2.05) is 36.1 Å². The van der Waals surface area contributed by atoms with E-state index in [1.54, 1.807) is 65.5 Å². The predicted molar refractivity (Wildman–Crippen MR) is 257 cm³/mol. The van der Waals surface area contributed by atoms with Gasteiger partial charge in [0.1, 0.15) is 30.0 Å². The zero-order valence-corrected chi connectivity index (χ0v) is 40.1. The van der Waals surface area contributed by atoms with Gasteiger partial charge < -0.3 is 33.5 Å². The number of aliphatic hydroxyl groups excluding tert-OH is 1. The Balaban J connectivity index is 1.04. The van der Waals surface area contributed by atoms with Gasteiger partial charge >= 0.3 is 5.69 Å². The number of aromatic nitrogens is 5. The summed E-state index contributed by atoms with van der Waals surface area (Å²) in [6.45, 7) is 15.1. The van der Waals surface area contributed by atoms with Gasteiger partial charge in [0.2, 0.25) is 0 Å². The van der Waals surface area contributed by atoms with Gasteiger partial charge in [0.15, 0.2) is 5.84 Å². The van der Waals surface area contributed by atoms with Crippen LogP contribution >= 0.6 is 7.14 Å². The summed E-state index contributed by atoms with van der Waals surface area (Å²) >= 11 is 0. The van der Waals surface area contributed by atoms with Crippen LogP contribution in [0.2, 0.25) is 0 Å². The molecule has 356 valence electrons. The number of nitrogens with zero attached hydrogens (tertiary/aromatic N) is 8. The highest BCUT2D eigenvalue weighted by molar-refractivity contribution is 7.70. The Kier molecular flexibility index (Phi) is 11.0. The number of aliphatic hydroxyl groups is 1. The van der Waals surface area contributed by atoms with Gasteiger partial charge in [0, 0.05) is 79.1 Å². The molecule has 3 fully saturated rings. The Hall–Kier alpha value is -5.84. The molecule has 11 rings (SSSR count). The first-order chi connectivity index (χ1) is 32.6. The number of fused-ring (bicyclic) bond motifs is 2. The van der Waals surface area contributed by atoms with Crippen LogP contribution < -0.4 is 21.4 Å². The number of benzene rings is 3. The molecule has 0 radical (unpaired) electrons. The fourth-order valence-corrected chi connectivity index (χ4v) is 12.4. The number of anilines is 1. The van der Waals surface area contributed by atoms with Crippen LogP contribution in [0, 0.1) is 25.6 Å². The smallest absolute Gasteiger partial charge is 0.338 e. The lowest BCUT2D eigenvalue weighted by Gasteiger charge is -2.34. The molecule has 3 aromatic heterocycles. The maximum atomic E-state index is 15.6. The number of amides is 1. The lowest BCUT2D eigenvalue weighted by molar-refractivity contribution is -0.103. The molecule has 4 atom stereocenters. The number of rotatable bonds is 9. The zero-order valence-electron chi connectivity index (χ0n) is 39.2. The van der Waals surface area contributed by atoms with Gasteiger partial charge in [0.05, 0.1) is 36.3 Å². The number of nitrogens with one attached hydrogen (secondary N) is 1. The molecule has 18 heteroatoms. The third-order valence-electron chi connectivity index (χ3n) is 14.9. The third-order valence-corrected chi connectivity index (χ3v) is 16.4. The van der Waals surface area contributed by atoms with Crippen molar-refractivity contribution in [2.45, 2.75) is 77.3 Å². The van der Waals surface area contributed by atoms with Gasteiger partial charge in [-0.25, -0.2) is 29.2 Å². The average Bonchev–Trinajstić information content (AvgIpc) is 3.83. The predicted octanol–water partition coefficient (Wildman–Crippen LogP) is 6.21. The third kappa shape index (κ3) is 7.27. The molecular formula is C50H57FN9O7P. The van der Waals surface area contributed by atoms with Crippen molar-refractivity contribution in [1.82, 2.24) is 33.9 Å². The van der Waals surface area contributed by atoms with Crippen molar-refractivity contribution in [2.75, 3.05) is 64.3 Å². The maximum Gasteiger partial charge on any atom is 0.338 e. The quantitative estimate of drug-likeness (QED) is 0.160. The monoisotopic (exact) mass is 945 g/mol. The highest BCUT2D eigenvalue weighted by Gasteiger charge is 2.60. The normalized spacial score (nSPS) is 23.2. The number of carbonyl (C=O) groups excluding carboxylic acids is 1. The highest BCUT2D eigenvalue weighted by Crippen LogP contribution is 2.54.